The lowest BCUT2D eigenvalue weighted by Crippen LogP contribution is -2.05. The first-order chi connectivity index (χ1) is 8.25. The number of Topliss-reactive ketones (excluding diaryl/α,β-unsaturated/α-hetero) is 1. The summed E-state index contributed by atoms with van der Waals surface area (Å²) < 4.78 is 0. The second-order valence-electron chi connectivity index (χ2n) is 5.00. The van der Waals surface area contributed by atoms with Crippen LogP contribution in [0.5, 0.6) is 0 Å². The van der Waals surface area contributed by atoms with Crippen molar-refractivity contribution in [3.63, 3.8) is 0 Å². The highest BCUT2D eigenvalue weighted by atomic mass is 35.5. The first kappa shape index (κ1) is 12.6. The Morgan fingerprint density at radius 2 is 1.94 bits per heavy atom. The highest BCUT2D eigenvalue weighted by molar-refractivity contribution is 6.31. The van der Waals surface area contributed by atoms with Crippen LogP contribution in [0.2, 0.25) is 5.02 Å². The van der Waals surface area contributed by atoms with Gasteiger partial charge in [0.05, 0.1) is 0 Å². The van der Waals surface area contributed by atoms with Crippen LogP contribution in [0.25, 0.3) is 0 Å². The molecule has 0 aromatic heterocycles. The van der Waals surface area contributed by atoms with Crippen molar-refractivity contribution in [3.05, 3.63) is 34.9 Å². The number of benzene rings is 1. The van der Waals surface area contributed by atoms with E-state index in [2.05, 4.69) is 0 Å². The fraction of sp³-hybridized carbons (Fsp3) is 0.533. The maximum atomic E-state index is 11.9. The van der Waals surface area contributed by atoms with Crippen LogP contribution in [0.3, 0.4) is 0 Å². The standard InChI is InChI=1S/C15H19ClO/c16-15-8-4-3-7-13(15)11-14(17)10-9-12-5-1-2-6-12/h3-4,7-8,12H,1-2,5-6,9-11H2. The van der Waals surface area contributed by atoms with E-state index in [4.69, 9.17) is 11.6 Å². The molecule has 0 atom stereocenters. The summed E-state index contributed by atoms with van der Waals surface area (Å²) in [6, 6.07) is 7.62. The molecule has 1 saturated carbocycles. The van der Waals surface area contributed by atoms with Gasteiger partial charge >= 0.3 is 0 Å². The lowest BCUT2D eigenvalue weighted by atomic mass is 9.98. The maximum Gasteiger partial charge on any atom is 0.137 e. The first-order valence-corrected chi connectivity index (χ1v) is 6.88. The van der Waals surface area contributed by atoms with Gasteiger partial charge in [-0.2, -0.15) is 0 Å². The van der Waals surface area contributed by atoms with E-state index in [0.29, 0.717) is 17.2 Å². The number of ketones is 1. The third-order valence-corrected chi connectivity index (χ3v) is 4.02. The van der Waals surface area contributed by atoms with Crippen molar-refractivity contribution < 1.29 is 4.79 Å². The summed E-state index contributed by atoms with van der Waals surface area (Å²) >= 11 is 6.04. The third kappa shape index (κ3) is 3.85. The highest BCUT2D eigenvalue weighted by Crippen LogP contribution is 2.28. The van der Waals surface area contributed by atoms with Gasteiger partial charge in [-0.15, -0.1) is 0 Å². The van der Waals surface area contributed by atoms with Crippen molar-refractivity contribution in [2.45, 2.75) is 44.9 Å². The molecule has 1 aliphatic carbocycles. The van der Waals surface area contributed by atoms with Crippen LogP contribution in [0, 0.1) is 5.92 Å². The Morgan fingerprint density at radius 1 is 1.24 bits per heavy atom. The summed E-state index contributed by atoms with van der Waals surface area (Å²) in [6.07, 6.45) is 7.62. The van der Waals surface area contributed by atoms with Gasteiger partial charge < -0.3 is 0 Å². The molecule has 2 rings (SSSR count). The molecule has 0 saturated heterocycles. The van der Waals surface area contributed by atoms with E-state index >= 15 is 0 Å². The Morgan fingerprint density at radius 3 is 2.65 bits per heavy atom. The van der Waals surface area contributed by atoms with Crippen molar-refractivity contribution >= 4 is 17.4 Å². The van der Waals surface area contributed by atoms with Gasteiger partial charge in [0.2, 0.25) is 0 Å². The number of hydrogen-bond acceptors (Lipinski definition) is 1. The third-order valence-electron chi connectivity index (χ3n) is 3.65. The number of carbonyl (C=O) groups is 1. The van der Waals surface area contributed by atoms with Gasteiger partial charge in [0.1, 0.15) is 5.78 Å². The summed E-state index contributed by atoms with van der Waals surface area (Å²) in [5.41, 5.74) is 0.964. The van der Waals surface area contributed by atoms with Gasteiger partial charge in [-0.3, -0.25) is 4.79 Å². The highest BCUT2D eigenvalue weighted by Gasteiger charge is 2.16. The summed E-state index contributed by atoms with van der Waals surface area (Å²) in [6.45, 7) is 0. The molecule has 0 radical (unpaired) electrons. The van der Waals surface area contributed by atoms with Crippen LogP contribution in [0.1, 0.15) is 44.1 Å². The normalized spacial score (nSPS) is 16.3. The van der Waals surface area contributed by atoms with Crippen molar-refractivity contribution in [2.24, 2.45) is 5.92 Å². The van der Waals surface area contributed by atoms with E-state index in [9.17, 15) is 4.79 Å². The van der Waals surface area contributed by atoms with E-state index in [1.165, 1.54) is 25.7 Å². The quantitative estimate of drug-likeness (QED) is 0.756. The Kier molecular flexibility index (Phi) is 4.61. The van der Waals surface area contributed by atoms with Crippen LogP contribution < -0.4 is 0 Å². The Balaban J connectivity index is 1.79. The molecule has 0 spiro atoms. The van der Waals surface area contributed by atoms with Gasteiger partial charge in [0.25, 0.3) is 0 Å². The second kappa shape index (κ2) is 6.20. The number of halogens is 1. The van der Waals surface area contributed by atoms with Crippen LogP contribution in [-0.2, 0) is 11.2 Å². The fourth-order valence-electron chi connectivity index (χ4n) is 2.61. The molecule has 1 aliphatic rings. The van der Waals surface area contributed by atoms with Gasteiger partial charge in [-0.25, -0.2) is 0 Å². The zero-order chi connectivity index (χ0) is 12.1. The van der Waals surface area contributed by atoms with E-state index in [1.54, 1.807) is 0 Å². The second-order valence-corrected chi connectivity index (χ2v) is 5.40. The molecular formula is C15H19ClO. The van der Waals surface area contributed by atoms with Crippen molar-refractivity contribution in [2.75, 3.05) is 0 Å². The predicted molar refractivity (Wildman–Crippen MR) is 71.4 cm³/mol. The van der Waals surface area contributed by atoms with E-state index in [0.717, 1.165) is 24.3 Å². The minimum absolute atomic E-state index is 0.324. The Labute approximate surface area is 108 Å². The van der Waals surface area contributed by atoms with Crippen molar-refractivity contribution in [1.29, 1.82) is 0 Å². The summed E-state index contributed by atoms with van der Waals surface area (Å²) in [5.74, 6) is 1.12. The molecule has 1 fully saturated rings. The molecule has 1 aromatic carbocycles. The molecule has 0 aliphatic heterocycles. The molecule has 0 N–H and O–H groups in total. The van der Waals surface area contributed by atoms with Crippen LogP contribution in [0.15, 0.2) is 24.3 Å². The molecule has 0 heterocycles. The van der Waals surface area contributed by atoms with E-state index < -0.39 is 0 Å². The minimum Gasteiger partial charge on any atom is -0.299 e. The van der Waals surface area contributed by atoms with Gasteiger partial charge in [0.15, 0.2) is 0 Å². The van der Waals surface area contributed by atoms with Crippen LogP contribution >= 0.6 is 11.6 Å². The molecular weight excluding hydrogens is 232 g/mol. The number of carbonyl (C=O) groups excluding carboxylic acids is 1. The van der Waals surface area contributed by atoms with Gasteiger partial charge in [-0.05, 0) is 24.0 Å². The molecule has 2 heteroatoms. The minimum atomic E-state index is 0.324. The summed E-state index contributed by atoms with van der Waals surface area (Å²) in [5, 5.41) is 0.710. The Hall–Kier alpha value is -0.820. The predicted octanol–water partition coefficient (Wildman–Crippen LogP) is 4.42. The summed E-state index contributed by atoms with van der Waals surface area (Å²) in [4.78, 5) is 11.9. The molecule has 92 valence electrons. The van der Waals surface area contributed by atoms with Crippen LogP contribution in [-0.4, -0.2) is 5.78 Å². The molecule has 0 amide bonds. The average molecular weight is 251 g/mol. The van der Waals surface area contributed by atoms with Crippen LogP contribution in [0.4, 0.5) is 0 Å². The smallest absolute Gasteiger partial charge is 0.137 e. The fourth-order valence-corrected chi connectivity index (χ4v) is 2.81. The SMILES string of the molecule is O=C(CCC1CCCC1)Cc1ccccc1Cl. The van der Waals surface area contributed by atoms with Crippen molar-refractivity contribution in [1.82, 2.24) is 0 Å². The van der Waals surface area contributed by atoms with Gasteiger partial charge in [-0.1, -0.05) is 55.5 Å². The lowest BCUT2D eigenvalue weighted by molar-refractivity contribution is -0.118. The Bertz CT molecular complexity index is 380. The zero-order valence-corrected chi connectivity index (χ0v) is 10.9. The average Bonchev–Trinajstić information content (AvgIpc) is 2.82. The van der Waals surface area contributed by atoms with Gasteiger partial charge in [0, 0.05) is 17.9 Å². The lowest BCUT2D eigenvalue weighted by Gasteiger charge is -2.08. The van der Waals surface area contributed by atoms with E-state index in [1.807, 2.05) is 24.3 Å². The maximum absolute atomic E-state index is 11.9. The number of rotatable bonds is 5. The zero-order valence-electron chi connectivity index (χ0n) is 10.1. The monoisotopic (exact) mass is 250 g/mol. The molecule has 0 unspecified atom stereocenters. The topological polar surface area (TPSA) is 17.1 Å². The van der Waals surface area contributed by atoms with Crippen molar-refractivity contribution in [3.8, 4) is 0 Å². The molecule has 1 nitrogen and oxygen atoms in total. The molecule has 1 aromatic rings. The first-order valence-electron chi connectivity index (χ1n) is 6.51. The largest absolute Gasteiger partial charge is 0.299 e. The van der Waals surface area contributed by atoms with E-state index in [-0.39, 0.29) is 0 Å². The molecule has 17 heavy (non-hydrogen) atoms. The summed E-state index contributed by atoms with van der Waals surface area (Å²) in [7, 11) is 0. The number of hydrogen-bond donors (Lipinski definition) is 0. The molecule has 0 bridgehead atoms.